The lowest BCUT2D eigenvalue weighted by molar-refractivity contribution is 0.0268. The van der Waals surface area contributed by atoms with Crippen molar-refractivity contribution in [3.05, 3.63) is 29.6 Å². The molecule has 0 fully saturated rings. The molecule has 0 saturated carbocycles. The highest BCUT2D eigenvalue weighted by molar-refractivity contribution is 5.79. The SMILES string of the molecule is CCNC(=NCc1ncccc1C)NCC(C)(C)OC. The third kappa shape index (κ3) is 5.57. The molecule has 5 nitrogen and oxygen atoms in total. The number of ether oxygens (including phenoxy) is 1. The van der Waals surface area contributed by atoms with Crippen molar-refractivity contribution in [3.8, 4) is 0 Å². The number of aliphatic imine (C=N–C) groups is 1. The predicted molar refractivity (Wildman–Crippen MR) is 82.9 cm³/mol. The number of rotatable bonds is 6. The van der Waals surface area contributed by atoms with E-state index in [1.54, 1.807) is 13.3 Å². The molecule has 0 atom stereocenters. The summed E-state index contributed by atoms with van der Waals surface area (Å²) >= 11 is 0. The molecule has 2 N–H and O–H groups in total. The number of methoxy groups -OCH3 is 1. The Balaban J connectivity index is 2.66. The zero-order chi connectivity index (χ0) is 15.0. The van der Waals surface area contributed by atoms with Crippen molar-refractivity contribution >= 4 is 5.96 Å². The minimum atomic E-state index is -0.225. The highest BCUT2D eigenvalue weighted by Crippen LogP contribution is 2.06. The van der Waals surface area contributed by atoms with Crippen LogP contribution in [0.4, 0.5) is 0 Å². The van der Waals surface area contributed by atoms with Gasteiger partial charge in [0.2, 0.25) is 0 Å². The number of hydrogen-bond donors (Lipinski definition) is 2. The lowest BCUT2D eigenvalue weighted by Crippen LogP contribution is -2.45. The Labute approximate surface area is 121 Å². The summed E-state index contributed by atoms with van der Waals surface area (Å²) in [6.45, 7) is 10.2. The normalized spacial score (nSPS) is 12.3. The van der Waals surface area contributed by atoms with Gasteiger partial charge >= 0.3 is 0 Å². The Bertz CT molecular complexity index is 443. The molecule has 0 aliphatic heterocycles. The van der Waals surface area contributed by atoms with Crippen LogP contribution in [0.3, 0.4) is 0 Å². The third-order valence-electron chi connectivity index (χ3n) is 3.08. The Morgan fingerprint density at radius 1 is 1.40 bits per heavy atom. The van der Waals surface area contributed by atoms with Gasteiger partial charge in [0, 0.05) is 26.4 Å². The van der Waals surface area contributed by atoms with Crippen LogP contribution >= 0.6 is 0 Å². The number of aromatic nitrogens is 1. The maximum Gasteiger partial charge on any atom is 0.191 e. The minimum absolute atomic E-state index is 0.225. The van der Waals surface area contributed by atoms with Crippen LogP contribution in [-0.2, 0) is 11.3 Å². The van der Waals surface area contributed by atoms with Gasteiger partial charge in [0.05, 0.1) is 17.8 Å². The molecule has 1 heterocycles. The standard InChI is InChI=1S/C15H26N4O/c1-6-16-14(19-11-15(3,4)20-5)18-10-13-12(2)8-7-9-17-13/h7-9H,6,10-11H2,1-5H3,(H2,16,18,19). The summed E-state index contributed by atoms with van der Waals surface area (Å²) in [5.41, 5.74) is 1.93. The molecule has 0 spiro atoms. The van der Waals surface area contributed by atoms with E-state index in [9.17, 15) is 0 Å². The van der Waals surface area contributed by atoms with Gasteiger partial charge in [-0.05, 0) is 39.3 Å². The van der Waals surface area contributed by atoms with Crippen molar-refractivity contribution < 1.29 is 4.74 Å². The van der Waals surface area contributed by atoms with E-state index < -0.39 is 0 Å². The average molecular weight is 278 g/mol. The molecule has 1 aromatic rings. The largest absolute Gasteiger partial charge is 0.377 e. The predicted octanol–water partition coefficient (Wildman–Crippen LogP) is 1.87. The van der Waals surface area contributed by atoms with E-state index in [1.165, 1.54) is 0 Å². The Kier molecular flexibility index (Phi) is 6.45. The van der Waals surface area contributed by atoms with Crippen molar-refractivity contribution in [1.29, 1.82) is 0 Å². The number of nitrogens with zero attached hydrogens (tertiary/aromatic N) is 2. The highest BCUT2D eigenvalue weighted by Gasteiger charge is 2.16. The monoisotopic (exact) mass is 278 g/mol. The molecule has 0 aromatic carbocycles. The van der Waals surface area contributed by atoms with E-state index in [0.717, 1.165) is 23.8 Å². The van der Waals surface area contributed by atoms with E-state index in [0.29, 0.717) is 13.1 Å². The molecule has 1 rings (SSSR count). The number of guanidine groups is 1. The second-order valence-corrected chi connectivity index (χ2v) is 5.28. The zero-order valence-electron chi connectivity index (χ0n) is 13.2. The third-order valence-corrected chi connectivity index (χ3v) is 3.08. The molecule has 0 amide bonds. The van der Waals surface area contributed by atoms with Gasteiger partial charge in [-0.2, -0.15) is 0 Å². The Morgan fingerprint density at radius 3 is 2.75 bits per heavy atom. The van der Waals surface area contributed by atoms with Crippen molar-refractivity contribution in [2.75, 3.05) is 20.2 Å². The molecule has 112 valence electrons. The second kappa shape index (κ2) is 7.85. The molecule has 0 aliphatic rings. The summed E-state index contributed by atoms with van der Waals surface area (Å²) < 4.78 is 5.39. The fraction of sp³-hybridized carbons (Fsp3) is 0.600. The summed E-state index contributed by atoms with van der Waals surface area (Å²) in [5, 5.41) is 6.51. The molecular formula is C15H26N4O. The first-order valence-electron chi connectivity index (χ1n) is 6.96. The smallest absolute Gasteiger partial charge is 0.191 e. The van der Waals surface area contributed by atoms with Crippen LogP contribution in [0.5, 0.6) is 0 Å². The highest BCUT2D eigenvalue weighted by atomic mass is 16.5. The van der Waals surface area contributed by atoms with Gasteiger partial charge in [0.1, 0.15) is 0 Å². The van der Waals surface area contributed by atoms with Gasteiger partial charge in [-0.1, -0.05) is 6.07 Å². The lowest BCUT2D eigenvalue weighted by Gasteiger charge is -2.24. The van der Waals surface area contributed by atoms with E-state index >= 15 is 0 Å². The molecular weight excluding hydrogens is 252 g/mol. The number of nitrogens with one attached hydrogen (secondary N) is 2. The maximum atomic E-state index is 5.39. The van der Waals surface area contributed by atoms with Crippen LogP contribution in [0.2, 0.25) is 0 Å². The summed E-state index contributed by atoms with van der Waals surface area (Å²) in [4.78, 5) is 8.91. The zero-order valence-corrected chi connectivity index (χ0v) is 13.2. The fourth-order valence-electron chi connectivity index (χ4n) is 1.55. The molecule has 0 unspecified atom stereocenters. The summed E-state index contributed by atoms with van der Waals surface area (Å²) in [6, 6.07) is 3.99. The quantitative estimate of drug-likeness (QED) is 0.616. The van der Waals surface area contributed by atoms with Gasteiger partial charge in [-0.3, -0.25) is 4.98 Å². The van der Waals surface area contributed by atoms with Crippen molar-refractivity contribution in [1.82, 2.24) is 15.6 Å². The molecule has 5 heteroatoms. The van der Waals surface area contributed by atoms with Crippen LogP contribution in [0.25, 0.3) is 0 Å². The minimum Gasteiger partial charge on any atom is -0.377 e. The van der Waals surface area contributed by atoms with Crippen LogP contribution in [0.1, 0.15) is 32.0 Å². The van der Waals surface area contributed by atoms with Gasteiger partial charge in [-0.15, -0.1) is 0 Å². The lowest BCUT2D eigenvalue weighted by atomic mass is 10.1. The van der Waals surface area contributed by atoms with Crippen LogP contribution in [0.15, 0.2) is 23.3 Å². The summed E-state index contributed by atoms with van der Waals surface area (Å²) in [7, 11) is 1.71. The average Bonchev–Trinajstić information content (AvgIpc) is 2.43. The van der Waals surface area contributed by atoms with E-state index in [1.807, 2.05) is 39.8 Å². The van der Waals surface area contributed by atoms with Crippen LogP contribution in [-0.4, -0.2) is 36.7 Å². The molecule has 0 bridgehead atoms. The molecule has 20 heavy (non-hydrogen) atoms. The van der Waals surface area contributed by atoms with Gasteiger partial charge in [0.25, 0.3) is 0 Å². The van der Waals surface area contributed by atoms with Gasteiger partial charge in [0.15, 0.2) is 5.96 Å². The summed E-state index contributed by atoms with van der Waals surface area (Å²) in [6.07, 6.45) is 1.80. The van der Waals surface area contributed by atoms with E-state index in [4.69, 9.17) is 4.74 Å². The number of aryl methyl sites for hydroxylation is 1. The summed E-state index contributed by atoms with van der Waals surface area (Å²) in [5.74, 6) is 0.780. The van der Waals surface area contributed by atoms with Gasteiger partial charge < -0.3 is 15.4 Å². The number of pyridine rings is 1. The molecule has 0 saturated heterocycles. The maximum absolute atomic E-state index is 5.39. The second-order valence-electron chi connectivity index (χ2n) is 5.28. The molecule has 0 radical (unpaired) electrons. The molecule has 0 aliphatic carbocycles. The van der Waals surface area contributed by atoms with Crippen molar-refractivity contribution in [3.63, 3.8) is 0 Å². The first-order valence-corrected chi connectivity index (χ1v) is 6.96. The Morgan fingerprint density at radius 2 is 2.15 bits per heavy atom. The first kappa shape index (κ1) is 16.4. The van der Waals surface area contributed by atoms with Crippen molar-refractivity contribution in [2.45, 2.75) is 39.8 Å². The first-order chi connectivity index (χ1) is 9.48. The van der Waals surface area contributed by atoms with E-state index in [-0.39, 0.29) is 5.60 Å². The Hall–Kier alpha value is -1.62. The van der Waals surface area contributed by atoms with Gasteiger partial charge in [-0.25, -0.2) is 4.99 Å². The number of hydrogen-bond acceptors (Lipinski definition) is 3. The fourth-order valence-corrected chi connectivity index (χ4v) is 1.55. The van der Waals surface area contributed by atoms with E-state index in [2.05, 4.69) is 20.6 Å². The molecule has 1 aromatic heterocycles. The van der Waals surface area contributed by atoms with Crippen LogP contribution < -0.4 is 10.6 Å². The topological polar surface area (TPSA) is 58.5 Å². The van der Waals surface area contributed by atoms with Crippen LogP contribution in [0, 0.1) is 6.92 Å². The van der Waals surface area contributed by atoms with Crippen molar-refractivity contribution in [2.24, 2.45) is 4.99 Å².